The molecule has 6 heteroatoms. The maximum atomic E-state index is 11.1. The van der Waals surface area contributed by atoms with Crippen LogP contribution < -0.4 is 16.4 Å². The van der Waals surface area contributed by atoms with Crippen LogP contribution in [0.3, 0.4) is 0 Å². The summed E-state index contributed by atoms with van der Waals surface area (Å²) in [6, 6.07) is 0. The lowest BCUT2D eigenvalue weighted by atomic mass is 10.3. The summed E-state index contributed by atoms with van der Waals surface area (Å²) >= 11 is 0. The average molecular weight is 215 g/mol. The van der Waals surface area contributed by atoms with Crippen molar-refractivity contribution in [2.24, 2.45) is 5.73 Å². The molecule has 0 rings (SSSR count). The molecule has 0 aliphatic heterocycles. The Hall–Kier alpha value is -1.11. The standard InChI is InChI=1S/C9H17N3O3/c1-7(13)3-11-5-9(15)6-12-4-8(14)2-10/h11-12H,2-6,10H2,1H3. The Morgan fingerprint density at radius 1 is 0.933 bits per heavy atom. The summed E-state index contributed by atoms with van der Waals surface area (Å²) in [5, 5.41) is 5.36. The van der Waals surface area contributed by atoms with Gasteiger partial charge < -0.3 is 16.4 Å². The minimum atomic E-state index is -0.139. The molecule has 0 atom stereocenters. The van der Waals surface area contributed by atoms with Gasteiger partial charge in [0.1, 0.15) is 5.78 Å². The van der Waals surface area contributed by atoms with Crippen molar-refractivity contribution in [2.45, 2.75) is 6.92 Å². The zero-order valence-electron chi connectivity index (χ0n) is 8.84. The third kappa shape index (κ3) is 9.20. The predicted molar refractivity (Wildman–Crippen MR) is 55.5 cm³/mol. The van der Waals surface area contributed by atoms with E-state index in [4.69, 9.17) is 5.73 Å². The minimum absolute atomic E-state index is 0.0194. The zero-order valence-corrected chi connectivity index (χ0v) is 8.84. The molecule has 0 unspecified atom stereocenters. The van der Waals surface area contributed by atoms with Crippen LogP contribution in [0.15, 0.2) is 0 Å². The van der Waals surface area contributed by atoms with Crippen molar-refractivity contribution in [1.82, 2.24) is 10.6 Å². The van der Waals surface area contributed by atoms with Gasteiger partial charge in [-0.1, -0.05) is 0 Å². The van der Waals surface area contributed by atoms with E-state index in [0.717, 1.165) is 0 Å². The van der Waals surface area contributed by atoms with Gasteiger partial charge in [-0.3, -0.25) is 14.4 Å². The van der Waals surface area contributed by atoms with Crippen LogP contribution in [-0.4, -0.2) is 50.1 Å². The highest BCUT2D eigenvalue weighted by atomic mass is 16.1. The third-order valence-electron chi connectivity index (χ3n) is 1.57. The molecule has 86 valence electrons. The van der Waals surface area contributed by atoms with Gasteiger partial charge in [-0.2, -0.15) is 0 Å². The van der Waals surface area contributed by atoms with E-state index in [1.165, 1.54) is 6.92 Å². The summed E-state index contributed by atoms with van der Waals surface area (Å²) in [4.78, 5) is 32.4. The maximum absolute atomic E-state index is 11.1. The molecular weight excluding hydrogens is 198 g/mol. The van der Waals surface area contributed by atoms with Gasteiger partial charge >= 0.3 is 0 Å². The van der Waals surface area contributed by atoms with Gasteiger partial charge in [0.25, 0.3) is 0 Å². The van der Waals surface area contributed by atoms with Gasteiger partial charge in [0.2, 0.25) is 0 Å². The Bertz CT molecular complexity index is 241. The molecule has 0 spiro atoms. The lowest BCUT2D eigenvalue weighted by molar-refractivity contribution is -0.118. The lowest BCUT2D eigenvalue weighted by Crippen LogP contribution is -2.36. The summed E-state index contributed by atoms with van der Waals surface area (Å²) in [7, 11) is 0. The highest BCUT2D eigenvalue weighted by molar-refractivity contribution is 5.85. The SMILES string of the molecule is CC(=O)CNCC(=O)CNCC(=O)CN. The Balaban J connectivity index is 3.41. The fourth-order valence-electron chi connectivity index (χ4n) is 0.854. The Morgan fingerprint density at radius 2 is 1.40 bits per heavy atom. The van der Waals surface area contributed by atoms with Crippen molar-refractivity contribution in [3.05, 3.63) is 0 Å². The second-order valence-electron chi connectivity index (χ2n) is 3.19. The number of nitrogens with one attached hydrogen (secondary N) is 2. The van der Waals surface area contributed by atoms with Crippen molar-refractivity contribution in [3.8, 4) is 0 Å². The van der Waals surface area contributed by atoms with Gasteiger partial charge in [0.05, 0.1) is 32.7 Å². The van der Waals surface area contributed by atoms with E-state index in [2.05, 4.69) is 10.6 Å². The smallest absolute Gasteiger partial charge is 0.160 e. The van der Waals surface area contributed by atoms with E-state index in [1.54, 1.807) is 0 Å². The topological polar surface area (TPSA) is 101 Å². The largest absolute Gasteiger partial charge is 0.324 e. The Kier molecular flexibility index (Phi) is 7.61. The Labute approximate surface area is 88.6 Å². The molecule has 0 aliphatic rings. The fourth-order valence-corrected chi connectivity index (χ4v) is 0.854. The summed E-state index contributed by atoms with van der Waals surface area (Å²) in [5.41, 5.74) is 5.08. The van der Waals surface area contributed by atoms with E-state index in [9.17, 15) is 14.4 Å². The quantitative estimate of drug-likeness (QED) is 0.405. The van der Waals surface area contributed by atoms with Gasteiger partial charge in [-0.25, -0.2) is 0 Å². The van der Waals surface area contributed by atoms with E-state index >= 15 is 0 Å². The van der Waals surface area contributed by atoms with E-state index in [0.29, 0.717) is 0 Å². The van der Waals surface area contributed by atoms with Crippen LogP contribution >= 0.6 is 0 Å². The van der Waals surface area contributed by atoms with Crippen molar-refractivity contribution in [2.75, 3.05) is 32.7 Å². The summed E-state index contributed by atoms with van der Waals surface area (Å²) in [6.45, 7) is 1.95. The molecule has 0 saturated heterocycles. The lowest BCUT2D eigenvalue weighted by Gasteiger charge is -2.03. The predicted octanol–water partition coefficient (Wildman–Crippen LogP) is -2.15. The minimum Gasteiger partial charge on any atom is -0.324 e. The third-order valence-corrected chi connectivity index (χ3v) is 1.57. The van der Waals surface area contributed by atoms with E-state index < -0.39 is 0 Å². The van der Waals surface area contributed by atoms with Crippen molar-refractivity contribution in [1.29, 1.82) is 0 Å². The molecule has 0 aromatic rings. The van der Waals surface area contributed by atoms with Gasteiger partial charge in [0, 0.05) is 0 Å². The van der Waals surface area contributed by atoms with E-state index in [-0.39, 0.29) is 50.1 Å². The molecule has 0 radical (unpaired) electrons. The van der Waals surface area contributed by atoms with Crippen molar-refractivity contribution in [3.63, 3.8) is 0 Å². The number of ketones is 3. The van der Waals surface area contributed by atoms with Gasteiger partial charge in [-0.15, -0.1) is 0 Å². The highest BCUT2D eigenvalue weighted by Gasteiger charge is 2.03. The normalized spacial score (nSPS) is 10.0. The fraction of sp³-hybridized carbons (Fsp3) is 0.667. The van der Waals surface area contributed by atoms with Crippen LogP contribution in [0.2, 0.25) is 0 Å². The van der Waals surface area contributed by atoms with Crippen LogP contribution in [-0.2, 0) is 14.4 Å². The number of nitrogens with two attached hydrogens (primary N) is 1. The second-order valence-corrected chi connectivity index (χ2v) is 3.19. The number of hydrogen-bond donors (Lipinski definition) is 3. The molecule has 0 aromatic carbocycles. The van der Waals surface area contributed by atoms with E-state index in [1.807, 2.05) is 0 Å². The number of hydrogen-bond acceptors (Lipinski definition) is 6. The molecular formula is C9H17N3O3. The second kappa shape index (κ2) is 8.22. The molecule has 15 heavy (non-hydrogen) atoms. The van der Waals surface area contributed by atoms with Crippen LogP contribution in [0, 0.1) is 0 Å². The number of carbonyl (C=O) groups excluding carboxylic acids is 3. The summed E-state index contributed by atoms with van der Waals surface area (Å²) in [5.74, 6) is -0.255. The monoisotopic (exact) mass is 215 g/mol. The average Bonchev–Trinajstić information content (AvgIpc) is 2.17. The maximum Gasteiger partial charge on any atom is 0.160 e. The van der Waals surface area contributed by atoms with Crippen molar-refractivity contribution >= 4 is 17.3 Å². The molecule has 6 nitrogen and oxygen atoms in total. The molecule has 0 fully saturated rings. The molecule has 0 heterocycles. The summed E-state index contributed by atoms with van der Waals surface area (Å²) < 4.78 is 0. The molecule has 0 amide bonds. The first-order valence-corrected chi connectivity index (χ1v) is 4.70. The van der Waals surface area contributed by atoms with Gasteiger partial charge in [-0.05, 0) is 6.92 Å². The van der Waals surface area contributed by atoms with Crippen LogP contribution in [0.25, 0.3) is 0 Å². The highest BCUT2D eigenvalue weighted by Crippen LogP contribution is 1.71. The van der Waals surface area contributed by atoms with Crippen LogP contribution in [0.4, 0.5) is 0 Å². The number of Topliss-reactive ketones (excluding diaryl/α,β-unsaturated/α-hetero) is 3. The molecule has 0 bridgehead atoms. The molecule has 0 aliphatic carbocycles. The first-order valence-electron chi connectivity index (χ1n) is 4.70. The molecule has 0 aromatic heterocycles. The first-order chi connectivity index (χ1) is 7.06. The van der Waals surface area contributed by atoms with Crippen molar-refractivity contribution < 1.29 is 14.4 Å². The Morgan fingerprint density at radius 3 is 1.87 bits per heavy atom. The molecule has 0 saturated carbocycles. The number of carbonyl (C=O) groups is 3. The van der Waals surface area contributed by atoms with Crippen LogP contribution in [0.5, 0.6) is 0 Å². The van der Waals surface area contributed by atoms with Gasteiger partial charge in [0.15, 0.2) is 11.6 Å². The van der Waals surface area contributed by atoms with Crippen LogP contribution in [0.1, 0.15) is 6.92 Å². The molecule has 4 N–H and O–H groups in total. The zero-order chi connectivity index (χ0) is 11.7. The summed E-state index contributed by atoms with van der Waals surface area (Å²) in [6.07, 6.45) is 0. The number of rotatable bonds is 9. The first kappa shape index (κ1) is 13.9.